The highest BCUT2D eigenvalue weighted by Crippen LogP contribution is 2.47. The summed E-state index contributed by atoms with van der Waals surface area (Å²) < 4.78 is 11.6. The lowest BCUT2D eigenvalue weighted by atomic mass is 9.76. The summed E-state index contributed by atoms with van der Waals surface area (Å²) in [5.74, 6) is 0.605. The van der Waals surface area contributed by atoms with Crippen LogP contribution in [0.5, 0.6) is 11.5 Å². The summed E-state index contributed by atoms with van der Waals surface area (Å²) in [6.45, 7) is 6.21. The number of hydrogen-bond donors (Lipinski definition) is 1. The van der Waals surface area contributed by atoms with Gasteiger partial charge in [0.1, 0.15) is 13.2 Å². The van der Waals surface area contributed by atoms with E-state index in [0.717, 1.165) is 46.6 Å². The van der Waals surface area contributed by atoms with Gasteiger partial charge in [-0.2, -0.15) is 0 Å². The molecule has 1 aromatic carbocycles. The minimum Gasteiger partial charge on any atom is -0.486 e. The van der Waals surface area contributed by atoms with Gasteiger partial charge in [-0.25, -0.2) is 4.79 Å². The van der Waals surface area contributed by atoms with Crippen molar-refractivity contribution in [3.05, 3.63) is 33.7 Å². The number of aromatic carboxylic acids is 1. The Balaban J connectivity index is 1.91. The molecule has 1 aliphatic heterocycles. The molecule has 0 fully saturated rings. The zero-order valence-electron chi connectivity index (χ0n) is 16.9. The monoisotopic (exact) mass is 401 g/mol. The van der Waals surface area contributed by atoms with Crippen LogP contribution in [0.15, 0.2) is 12.1 Å². The summed E-state index contributed by atoms with van der Waals surface area (Å²) in [6.07, 6.45) is 2.85. The van der Waals surface area contributed by atoms with Crippen LogP contribution in [0.4, 0.5) is 0 Å². The van der Waals surface area contributed by atoms with Crippen LogP contribution in [0.1, 0.15) is 46.6 Å². The number of ether oxygens (including phenoxy) is 2. The van der Waals surface area contributed by atoms with E-state index in [2.05, 4.69) is 18.7 Å². The van der Waals surface area contributed by atoms with Crippen LogP contribution in [0.2, 0.25) is 0 Å². The van der Waals surface area contributed by atoms with Crippen LogP contribution < -0.4 is 9.47 Å². The Hall–Kier alpha value is -2.05. The molecule has 0 spiro atoms. The maximum absolute atomic E-state index is 12.3. The molecule has 0 saturated carbocycles. The Morgan fingerprint density at radius 2 is 1.89 bits per heavy atom. The molecule has 2 heterocycles. The van der Waals surface area contributed by atoms with Crippen molar-refractivity contribution in [3.63, 3.8) is 0 Å². The van der Waals surface area contributed by atoms with Crippen molar-refractivity contribution in [3.8, 4) is 21.9 Å². The first-order valence-electron chi connectivity index (χ1n) is 9.70. The zero-order valence-corrected chi connectivity index (χ0v) is 17.7. The van der Waals surface area contributed by atoms with Gasteiger partial charge in [0.15, 0.2) is 11.5 Å². The molecule has 4 rings (SSSR count). The molecule has 150 valence electrons. The molecule has 1 aliphatic carbocycles. The Morgan fingerprint density at radius 3 is 2.54 bits per heavy atom. The minimum absolute atomic E-state index is 0.134. The quantitative estimate of drug-likeness (QED) is 0.820. The van der Waals surface area contributed by atoms with Crippen molar-refractivity contribution in [1.82, 2.24) is 4.90 Å². The highest BCUT2D eigenvalue weighted by Gasteiger charge is 2.34. The number of benzene rings is 1. The van der Waals surface area contributed by atoms with Gasteiger partial charge in [0, 0.05) is 21.9 Å². The molecule has 1 N–H and O–H groups in total. The van der Waals surface area contributed by atoms with E-state index in [0.29, 0.717) is 31.1 Å². The van der Waals surface area contributed by atoms with Gasteiger partial charge < -0.3 is 19.5 Å². The van der Waals surface area contributed by atoms with E-state index in [4.69, 9.17) is 9.47 Å². The second-order valence-electron chi connectivity index (χ2n) is 8.74. The summed E-state index contributed by atoms with van der Waals surface area (Å²) in [4.78, 5) is 16.5. The van der Waals surface area contributed by atoms with Gasteiger partial charge in [-0.15, -0.1) is 11.3 Å². The van der Waals surface area contributed by atoms with E-state index in [1.165, 1.54) is 4.88 Å². The predicted molar refractivity (Wildman–Crippen MR) is 111 cm³/mol. The molecule has 5 nitrogen and oxygen atoms in total. The fraction of sp³-hybridized carbons (Fsp3) is 0.500. The van der Waals surface area contributed by atoms with Crippen LogP contribution in [0, 0.1) is 5.41 Å². The first-order valence-corrected chi connectivity index (χ1v) is 10.5. The maximum Gasteiger partial charge on any atom is 0.337 e. The highest BCUT2D eigenvalue weighted by molar-refractivity contribution is 7.16. The molecule has 0 atom stereocenters. The number of fused-ring (bicyclic) bond motifs is 2. The second kappa shape index (κ2) is 7.08. The van der Waals surface area contributed by atoms with Crippen LogP contribution in [0.25, 0.3) is 10.4 Å². The topological polar surface area (TPSA) is 59.0 Å². The number of nitrogens with zero attached hydrogens (tertiary/aromatic N) is 1. The molecule has 0 bridgehead atoms. The van der Waals surface area contributed by atoms with Gasteiger partial charge in [-0.05, 0) is 62.0 Å². The van der Waals surface area contributed by atoms with E-state index in [-0.39, 0.29) is 5.41 Å². The van der Waals surface area contributed by atoms with E-state index >= 15 is 0 Å². The summed E-state index contributed by atoms with van der Waals surface area (Å²) in [7, 11) is 4.03. The van der Waals surface area contributed by atoms with Gasteiger partial charge in [0.25, 0.3) is 0 Å². The Kier molecular flexibility index (Phi) is 4.88. The van der Waals surface area contributed by atoms with Gasteiger partial charge in [-0.3, -0.25) is 0 Å². The van der Waals surface area contributed by atoms with Crippen LogP contribution in [-0.4, -0.2) is 43.3 Å². The number of carboxylic acid groups (broad SMARTS) is 1. The molecule has 0 radical (unpaired) electrons. The Labute approximate surface area is 169 Å². The fourth-order valence-corrected chi connectivity index (χ4v) is 5.51. The zero-order chi connectivity index (χ0) is 20.1. The number of aryl methyl sites for hydroxylation is 1. The fourth-order valence-electron chi connectivity index (χ4n) is 4.15. The number of rotatable bonds is 4. The smallest absolute Gasteiger partial charge is 0.337 e. The normalized spacial score (nSPS) is 17.5. The van der Waals surface area contributed by atoms with Crippen LogP contribution in [0.3, 0.4) is 0 Å². The van der Waals surface area contributed by atoms with Gasteiger partial charge in [0.05, 0.1) is 5.56 Å². The number of hydrogen-bond acceptors (Lipinski definition) is 5. The third kappa shape index (κ3) is 3.51. The van der Waals surface area contributed by atoms with Gasteiger partial charge >= 0.3 is 5.97 Å². The standard InChI is InChI=1S/C22H27NO4S/c1-22(2)6-5-18-15(11-22)19(21(24)25)20(28-18)14-10-17-16(26-7-8-27-17)9-13(14)12-23(3)4/h9-10H,5-8,11-12H2,1-4H3,(H,24,25). The average Bonchev–Trinajstić information content (AvgIpc) is 2.98. The number of thiophene rings is 1. The lowest BCUT2D eigenvalue weighted by Gasteiger charge is -2.29. The Bertz CT molecular complexity index is 929. The summed E-state index contributed by atoms with van der Waals surface area (Å²) >= 11 is 1.64. The van der Waals surface area contributed by atoms with E-state index < -0.39 is 5.97 Å². The van der Waals surface area contributed by atoms with E-state index in [1.807, 2.05) is 26.2 Å². The molecule has 0 saturated heterocycles. The van der Waals surface area contributed by atoms with E-state index in [9.17, 15) is 9.90 Å². The molecule has 6 heteroatoms. The third-order valence-electron chi connectivity index (χ3n) is 5.49. The highest BCUT2D eigenvalue weighted by atomic mass is 32.1. The molecular formula is C22H27NO4S. The molecular weight excluding hydrogens is 374 g/mol. The molecule has 0 amide bonds. The number of carboxylic acids is 1. The van der Waals surface area contributed by atoms with Crippen molar-refractivity contribution >= 4 is 17.3 Å². The summed E-state index contributed by atoms with van der Waals surface area (Å²) in [5.41, 5.74) is 3.65. The van der Waals surface area contributed by atoms with Crippen molar-refractivity contribution < 1.29 is 19.4 Å². The van der Waals surface area contributed by atoms with Crippen LogP contribution in [-0.2, 0) is 19.4 Å². The maximum atomic E-state index is 12.3. The Morgan fingerprint density at radius 1 is 1.21 bits per heavy atom. The number of carbonyl (C=O) groups is 1. The largest absolute Gasteiger partial charge is 0.486 e. The molecule has 2 aliphatic rings. The lowest BCUT2D eigenvalue weighted by Crippen LogP contribution is -2.22. The minimum atomic E-state index is -0.837. The van der Waals surface area contributed by atoms with E-state index in [1.54, 1.807) is 11.3 Å². The average molecular weight is 402 g/mol. The summed E-state index contributed by atoms with van der Waals surface area (Å²) in [6, 6.07) is 3.99. The first kappa shape index (κ1) is 19.3. The predicted octanol–water partition coefficient (Wildman–Crippen LogP) is 4.46. The second-order valence-corrected chi connectivity index (χ2v) is 9.85. The van der Waals surface area contributed by atoms with Gasteiger partial charge in [-0.1, -0.05) is 13.8 Å². The first-order chi connectivity index (χ1) is 13.2. The van der Waals surface area contributed by atoms with Crippen molar-refractivity contribution in [1.29, 1.82) is 0 Å². The molecule has 1 aromatic heterocycles. The third-order valence-corrected chi connectivity index (χ3v) is 6.81. The molecule has 0 unspecified atom stereocenters. The van der Waals surface area contributed by atoms with Crippen molar-refractivity contribution in [2.45, 2.75) is 39.7 Å². The molecule has 2 aromatic rings. The SMILES string of the molecule is CN(C)Cc1cc2c(cc1-c1sc3c(c1C(=O)O)CC(C)(C)CC3)OCCO2. The lowest BCUT2D eigenvalue weighted by molar-refractivity contribution is 0.0696. The summed E-state index contributed by atoms with van der Waals surface area (Å²) in [5, 5.41) is 10.1. The van der Waals surface area contributed by atoms with Crippen molar-refractivity contribution in [2.75, 3.05) is 27.3 Å². The van der Waals surface area contributed by atoms with Crippen LogP contribution >= 0.6 is 11.3 Å². The van der Waals surface area contributed by atoms with Crippen molar-refractivity contribution in [2.24, 2.45) is 5.41 Å². The molecule has 28 heavy (non-hydrogen) atoms. The van der Waals surface area contributed by atoms with Gasteiger partial charge in [0.2, 0.25) is 0 Å².